The molecule has 2 aliphatic heterocycles. The second-order valence-corrected chi connectivity index (χ2v) is 14.5. The van der Waals surface area contributed by atoms with Crippen LogP contribution in [0, 0.1) is 0 Å². The third-order valence-electron chi connectivity index (χ3n) is 6.79. The van der Waals surface area contributed by atoms with Gasteiger partial charge in [-0.1, -0.05) is 30.1 Å². The van der Waals surface area contributed by atoms with Crippen LogP contribution in [-0.2, 0) is 31.0 Å². The van der Waals surface area contributed by atoms with E-state index in [-0.39, 0.29) is 31.4 Å². The lowest BCUT2D eigenvalue weighted by Gasteiger charge is -2.18. The van der Waals surface area contributed by atoms with Gasteiger partial charge in [-0.05, 0) is 61.4 Å². The summed E-state index contributed by atoms with van der Waals surface area (Å²) >= 11 is 6.82. The molecule has 2 aliphatic rings. The minimum atomic E-state index is -4.18. The lowest BCUT2D eigenvalue weighted by Crippen LogP contribution is -2.36. The summed E-state index contributed by atoms with van der Waals surface area (Å²) in [5.41, 5.74) is 1.41. The topological polar surface area (TPSA) is 189 Å². The zero-order valence-electron chi connectivity index (χ0n) is 24.4. The standard InChI is InChI=1S/C29H26N4O10S4/c1-17(13-21-26(38)32(15-23(34)35)28(45-21)25-27(39)33(16-24(36)37)29(44)46-25)5-8-22-31(11-4-12-47(40,41)42)19-14-18(6-7-20(19)43-22)30-9-2-3-10-30/h2-3,5-10,13-14H,4,11-12,15-16H2,1H3,(H,34,35)(H,36,37)(H,40,41,42)/b17-5?,21-13?,22-8?,28-25+. The Morgan fingerprint density at radius 3 is 2.43 bits per heavy atom. The van der Waals surface area contributed by atoms with Crippen LogP contribution >= 0.6 is 35.3 Å². The monoisotopic (exact) mass is 718 g/mol. The molecule has 5 rings (SSSR count). The van der Waals surface area contributed by atoms with Gasteiger partial charge in [0.15, 0.2) is 5.75 Å². The summed E-state index contributed by atoms with van der Waals surface area (Å²) in [6.45, 7) is 0.483. The van der Waals surface area contributed by atoms with Gasteiger partial charge >= 0.3 is 11.9 Å². The largest absolute Gasteiger partial charge is 0.480 e. The molecule has 0 atom stereocenters. The first-order valence-corrected chi connectivity index (χ1v) is 17.4. The van der Waals surface area contributed by atoms with Gasteiger partial charge in [-0.2, -0.15) is 8.42 Å². The number of carboxylic acid groups (broad SMARTS) is 2. The van der Waals surface area contributed by atoms with Crippen LogP contribution in [0.2, 0.25) is 0 Å². The normalized spacial score (nSPS) is 17.5. The maximum atomic E-state index is 13.3. The molecule has 1 amide bonds. The van der Waals surface area contributed by atoms with Crippen molar-refractivity contribution in [1.29, 1.82) is 0 Å². The van der Waals surface area contributed by atoms with Crippen molar-refractivity contribution >= 4 is 84.3 Å². The zero-order chi connectivity index (χ0) is 34.0. The molecule has 14 nitrogen and oxygen atoms in total. The van der Waals surface area contributed by atoms with Crippen molar-refractivity contribution in [3.05, 3.63) is 85.9 Å². The molecule has 18 heteroatoms. The van der Waals surface area contributed by atoms with Gasteiger partial charge in [-0.15, -0.1) is 11.3 Å². The van der Waals surface area contributed by atoms with E-state index in [0.717, 1.165) is 38.3 Å². The third-order valence-corrected chi connectivity index (χ3v) is 10.3. The molecular formula is C29H26N4O10S4. The quantitative estimate of drug-likeness (QED) is 0.192. The van der Waals surface area contributed by atoms with Gasteiger partial charge in [0, 0.05) is 24.6 Å². The number of hydrogen-bond acceptors (Lipinski definition) is 11. The van der Waals surface area contributed by atoms with Gasteiger partial charge in [-0.25, -0.2) is 0 Å². The number of fused-ring (bicyclic) bond motifs is 1. The summed E-state index contributed by atoms with van der Waals surface area (Å²) in [5.74, 6) is -2.90. The Bertz CT molecular complexity index is 2150. The molecule has 1 aromatic carbocycles. The molecule has 3 aromatic rings. The van der Waals surface area contributed by atoms with Crippen LogP contribution < -0.4 is 24.4 Å². The van der Waals surface area contributed by atoms with Crippen molar-refractivity contribution in [3.63, 3.8) is 0 Å². The number of aliphatic carboxylic acids is 2. The van der Waals surface area contributed by atoms with Crippen LogP contribution in [0.25, 0.3) is 16.7 Å². The summed E-state index contributed by atoms with van der Waals surface area (Å²) in [7, 11) is -4.18. The number of amides is 1. The Morgan fingerprint density at radius 2 is 1.77 bits per heavy atom. The van der Waals surface area contributed by atoms with E-state index in [1.807, 2.05) is 41.2 Å². The van der Waals surface area contributed by atoms with E-state index in [2.05, 4.69) is 0 Å². The summed E-state index contributed by atoms with van der Waals surface area (Å²) < 4.78 is 41.1. The molecule has 4 heterocycles. The van der Waals surface area contributed by atoms with Crippen LogP contribution in [0.15, 0.2) is 71.1 Å². The summed E-state index contributed by atoms with van der Waals surface area (Å²) in [6, 6.07) is 9.28. The average molecular weight is 719 g/mol. The lowest BCUT2D eigenvalue weighted by molar-refractivity contribution is -0.140. The van der Waals surface area contributed by atoms with Crippen molar-refractivity contribution in [2.75, 3.05) is 23.7 Å². The van der Waals surface area contributed by atoms with E-state index in [0.29, 0.717) is 22.9 Å². The number of thiocarbonyl (C=S) groups is 1. The highest BCUT2D eigenvalue weighted by atomic mass is 32.2. The molecule has 47 heavy (non-hydrogen) atoms. The number of thioether (sulfide) groups is 1. The maximum Gasteiger partial charge on any atom is 0.323 e. The Kier molecular flexibility index (Phi) is 9.87. The number of nitrogens with zero attached hydrogens (tertiary/aromatic N) is 4. The number of benzene rings is 1. The molecule has 246 valence electrons. The van der Waals surface area contributed by atoms with Crippen LogP contribution in [0.4, 0.5) is 5.69 Å². The number of carbonyl (C=O) groups is 3. The number of thiazole rings is 1. The van der Waals surface area contributed by atoms with Gasteiger partial charge in [-0.3, -0.25) is 33.2 Å². The van der Waals surface area contributed by atoms with Gasteiger partial charge in [0.25, 0.3) is 21.6 Å². The number of carboxylic acids is 2. The molecule has 1 fully saturated rings. The smallest absolute Gasteiger partial charge is 0.323 e. The van der Waals surface area contributed by atoms with Crippen LogP contribution in [0.3, 0.4) is 0 Å². The summed E-state index contributed by atoms with van der Waals surface area (Å²) in [4.78, 5) is 51.7. The predicted molar refractivity (Wildman–Crippen MR) is 179 cm³/mol. The number of rotatable bonds is 11. The Labute approximate surface area is 280 Å². The van der Waals surface area contributed by atoms with Gasteiger partial charge in [0.05, 0.1) is 16.0 Å². The van der Waals surface area contributed by atoms with E-state index < -0.39 is 52.4 Å². The fraction of sp³-hybridized carbons (Fsp3) is 0.207. The fourth-order valence-corrected chi connectivity index (χ4v) is 7.80. The van der Waals surface area contributed by atoms with Crippen molar-refractivity contribution in [2.24, 2.45) is 0 Å². The lowest BCUT2D eigenvalue weighted by atomic mass is 10.2. The number of allylic oxidation sites excluding steroid dienone is 3. The second kappa shape index (κ2) is 13.7. The SMILES string of the molecule is CC(=CC=C1Oc2ccc(-n3cccc3)cc2N1CCCS(=O)(=O)O)C=c1s/c(=C2/SC(=S)N(CC(=O)O)C2=O)n(CC(=O)O)c1=O. The van der Waals surface area contributed by atoms with Gasteiger partial charge in [0.1, 0.15) is 27.0 Å². The van der Waals surface area contributed by atoms with Gasteiger partial charge < -0.3 is 24.4 Å². The molecule has 0 aliphatic carbocycles. The second-order valence-electron chi connectivity index (χ2n) is 10.2. The summed E-state index contributed by atoms with van der Waals surface area (Å²) in [6.07, 6.45) is 8.64. The minimum absolute atomic E-state index is 0.0254. The van der Waals surface area contributed by atoms with Crippen LogP contribution in [0.5, 0.6) is 5.75 Å². The van der Waals surface area contributed by atoms with Crippen molar-refractivity contribution < 1.29 is 42.3 Å². The van der Waals surface area contributed by atoms with Crippen molar-refractivity contribution in [2.45, 2.75) is 19.9 Å². The molecule has 0 bridgehead atoms. The highest BCUT2D eigenvalue weighted by molar-refractivity contribution is 8.30. The zero-order valence-corrected chi connectivity index (χ0v) is 27.7. The van der Waals surface area contributed by atoms with Crippen LogP contribution in [-0.4, -0.2) is 78.2 Å². The molecule has 2 aromatic heterocycles. The highest BCUT2D eigenvalue weighted by Gasteiger charge is 2.35. The molecule has 0 saturated carbocycles. The van der Waals surface area contributed by atoms with E-state index in [1.54, 1.807) is 30.0 Å². The highest BCUT2D eigenvalue weighted by Crippen LogP contribution is 2.40. The van der Waals surface area contributed by atoms with Crippen molar-refractivity contribution in [3.8, 4) is 11.4 Å². The molecule has 0 radical (unpaired) electrons. The van der Waals surface area contributed by atoms with E-state index in [9.17, 15) is 37.3 Å². The van der Waals surface area contributed by atoms with Crippen molar-refractivity contribution in [1.82, 2.24) is 14.0 Å². The number of ether oxygens (including phenoxy) is 1. The maximum absolute atomic E-state index is 13.3. The first kappa shape index (κ1) is 33.9. The molecule has 0 unspecified atom stereocenters. The third kappa shape index (κ3) is 7.74. The van der Waals surface area contributed by atoms with Crippen LogP contribution in [0.1, 0.15) is 13.3 Å². The molecule has 0 spiro atoms. The Balaban J connectivity index is 1.52. The number of carbonyl (C=O) groups excluding carboxylic acids is 1. The number of anilines is 1. The number of hydrogen-bond donors (Lipinski definition) is 3. The Morgan fingerprint density at radius 1 is 1.06 bits per heavy atom. The summed E-state index contributed by atoms with van der Waals surface area (Å²) in [5, 5.41) is 18.6. The predicted octanol–water partition coefficient (Wildman–Crippen LogP) is 1.58. The average Bonchev–Trinajstić information content (AvgIpc) is 3.76. The minimum Gasteiger partial charge on any atom is -0.480 e. The molecule has 1 saturated heterocycles. The van der Waals surface area contributed by atoms with E-state index in [4.69, 9.17) is 22.1 Å². The van der Waals surface area contributed by atoms with E-state index >= 15 is 0 Å². The number of aromatic nitrogens is 2. The van der Waals surface area contributed by atoms with Gasteiger partial charge in [0.2, 0.25) is 5.88 Å². The molecular weight excluding hydrogens is 693 g/mol. The fourth-order valence-electron chi connectivity index (χ4n) is 4.74. The first-order chi connectivity index (χ1) is 22.2. The molecule has 3 N–H and O–H groups in total. The van der Waals surface area contributed by atoms with E-state index in [1.165, 1.54) is 6.08 Å². The Hall–Kier alpha value is -4.49. The first-order valence-electron chi connectivity index (χ1n) is 13.7.